The molecule has 1 aliphatic rings. The summed E-state index contributed by atoms with van der Waals surface area (Å²) in [5, 5.41) is 12.0. The van der Waals surface area contributed by atoms with Crippen LogP contribution in [0.4, 0.5) is 5.69 Å². The lowest BCUT2D eigenvalue weighted by Crippen LogP contribution is -2.32. The molecule has 0 spiro atoms. The summed E-state index contributed by atoms with van der Waals surface area (Å²) in [5.41, 5.74) is 18.0. The van der Waals surface area contributed by atoms with Crippen LogP contribution >= 0.6 is 0 Å². The van der Waals surface area contributed by atoms with Crippen molar-refractivity contribution in [2.45, 2.75) is 19.4 Å². The minimum absolute atomic E-state index is 0.182. The van der Waals surface area contributed by atoms with E-state index in [1.54, 1.807) is 24.5 Å². The van der Waals surface area contributed by atoms with Crippen LogP contribution in [0.15, 0.2) is 72.7 Å². The molecule has 6 N–H and O–H groups in total. The molecule has 1 fully saturated rings. The van der Waals surface area contributed by atoms with Gasteiger partial charge in [-0.1, -0.05) is 36.4 Å². The van der Waals surface area contributed by atoms with E-state index in [2.05, 4.69) is 10.3 Å². The van der Waals surface area contributed by atoms with Crippen molar-refractivity contribution in [3.8, 4) is 11.1 Å². The van der Waals surface area contributed by atoms with E-state index in [1.807, 2.05) is 53.4 Å². The van der Waals surface area contributed by atoms with E-state index in [-0.39, 0.29) is 11.6 Å². The molecule has 2 heterocycles. The molecule has 1 saturated heterocycles. The SMILES string of the molecule is N=C(/C(N)=C/c1cccc(CNCCN2CCCC2=O)c1)c1cc(-c2cccnc2)ccc1N. The van der Waals surface area contributed by atoms with Gasteiger partial charge in [-0.2, -0.15) is 0 Å². The van der Waals surface area contributed by atoms with Gasteiger partial charge in [0.15, 0.2) is 0 Å². The highest BCUT2D eigenvalue weighted by Gasteiger charge is 2.18. The molecule has 0 radical (unpaired) electrons. The molecule has 4 rings (SSSR count). The number of benzene rings is 2. The van der Waals surface area contributed by atoms with Gasteiger partial charge >= 0.3 is 0 Å². The molecule has 34 heavy (non-hydrogen) atoms. The maximum absolute atomic E-state index is 11.7. The molecule has 0 atom stereocenters. The average Bonchev–Trinajstić information content (AvgIpc) is 3.27. The quantitative estimate of drug-likeness (QED) is 0.224. The van der Waals surface area contributed by atoms with Crippen LogP contribution in [-0.2, 0) is 11.3 Å². The lowest BCUT2D eigenvalue weighted by Gasteiger charge is -2.15. The Kier molecular flexibility index (Phi) is 7.34. The van der Waals surface area contributed by atoms with Crippen LogP contribution < -0.4 is 16.8 Å². The van der Waals surface area contributed by atoms with E-state index in [0.29, 0.717) is 29.9 Å². The van der Waals surface area contributed by atoms with Gasteiger partial charge in [0.25, 0.3) is 0 Å². The topological polar surface area (TPSA) is 121 Å². The zero-order valence-electron chi connectivity index (χ0n) is 19.1. The molecule has 7 heteroatoms. The van der Waals surface area contributed by atoms with Crippen LogP contribution in [0.1, 0.15) is 29.5 Å². The summed E-state index contributed by atoms with van der Waals surface area (Å²) in [6.45, 7) is 3.05. The third-order valence-electron chi connectivity index (χ3n) is 5.94. The summed E-state index contributed by atoms with van der Waals surface area (Å²) in [4.78, 5) is 17.8. The molecule has 2 aromatic carbocycles. The third kappa shape index (κ3) is 5.68. The molecule has 174 valence electrons. The third-order valence-corrected chi connectivity index (χ3v) is 5.94. The largest absolute Gasteiger partial charge is 0.398 e. The van der Waals surface area contributed by atoms with E-state index in [4.69, 9.17) is 16.9 Å². The van der Waals surface area contributed by atoms with Gasteiger partial charge in [0.1, 0.15) is 0 Å². The summed E-state index contributed by atoms with van der Waals surface area (Å²) in [6.07, 6.45) is 6.93. The standard InChI is InChI=1S/C27H30N6O/c28-24-9-8-21(22-6-2-10-31-18-22)16-23(24)27(30)25(29)15-19-4-1-5-20(14-19)17-32-11-13-33-12-3-7-26(33)34/h1-2,4-6,8-10,14-16,18,30,32H,3,7,11-13,17,28-29H2/b25-15-,30-27?. The number of rotatable bonds is 9. The van der Waals surface area contributed by atoms with Crippen molar-refractivity contribution in [1.82, 2.24) is 15.2 Å². The van der Waals surface area contributed by atoms with Gasteiger partial charge in [0.2, 0.25) is 5.91 Å². The molecule has 0 bridgehead atoms. The summed E-state index contributed by atoms with van der Waals surface area (Å²) in [6, 6.07) is 17.4. The fraction of sp³-hybridized carbons (Fsp3) is 0.222. The number of nitrogens with two attached hydrogens (primary N) is 2. The Morgan fingerprint density at radius 2 is 2.03 bits per heavy atom. The lowest BCUT2D eigenvalue weighted by atomic mass is 9.98. The molecular weight excluding hydrogens is 424 g/mol. The van der Waals surface area contributed by atoms with Gasteiger partial charge in [0.05, 0.1) is 11.4 Å². The van der Waals surface area contributed by atoms with Crippen LogP contribution in [-0.4, -0.2) is 41.1 Å². The van der Waals surface area contributed by atoms with Crippen LogP contribution in [0.5, 0.6) is 0 Å². The maximum Gasteiger partial charge on any atom is 0.222 e. The van der Waals surface area contributed by atoms with Crippen molar-refractivity contribution in [3.63, 3.8) is 0 Å². The highest BCUT2D eigenvalue weighted by molar-refractivity contribution is 6.15. The van der Waals surface area contributed by atoms with Crippen LogP contribution in [0.3, 0.4) is 0 Å². The number of carbonyl (C=O) groups is 1. The predicted octanol–water partition coefficient (Wildman–Crippen LogP) is 3.41. The normalized spacial score (nSPS) is 13.9. The number of pyridine rings is 1. The van der Waals surface area contributed by atoms with E-state index >= 15 is 0 Å². The Hall–Kier alpha value is -3.97. The minimum Gasteiger partial charge on any atom is -0.398 e. The van der Waals surface area contributed by atoms with Crippen molar-refractivity contribution < 1.29 is 4.79 Å². The molecule has 0 saturated carbocycles. The number of nitrogens with zero attached hydrogens (tertiary/aromatic N) is 2. The van der Waals surface area contributed by atoms with Crippen LogP contribution in [0, 0.1) is 5.41 Å². The highest BCUT2D eigenvalue weighted by atomic mass is 16.2. The van der Waals surface area contributed by atoms with Crippen molar-refractivity contribution >= 4 is 23.4 Å². The molecule has 7 nitrogen and oxygen atoms in total. The van der Waals surface area contributed by atoms with E-state index in [1.165, 1.54) is 0 Å². The summed E-state index contributed by atoms with van der Waals surface area (Å²) in [5.74, 6) is 0.249. The van der Waals surface area contributed by atoms with Crippen molar-refractivity contribution in [3.05, 3.63) is 89.4 Å². The number of nitrogen functional groups attached to an aromatic ring is 1. The van der Waals surface area contributed by atoms with Gasteiger partial charge in [-0.15, -0.1) is 0 Å². The monoisotopic (exact) mass is 454 g/mol. The number of amides is 1. The summed E-state index contributed by atoms with van der Waals surface area (Å²) in [7, 11) is 0. The van der Waals surface area contributed by atoms with Crippen molar-refractivity contribution in [2.75, 3.05) is 25.4 Å². The molecule has 0 aliphatic carbocycles. The number of anilines is 1. The first kappa shape index (κ1) is 23.2. The van der Waals surface area contributed by atoms with Gasteiger partial charge in [0, 0.05) is 61.8 Å². The van der Waals surface area contributed by atoms with E-state index in [9.17, 15) is 4.79 Å². The van der Waals surface area contributed by atoms with Gasteiger partial charge < -0.3 is 21.7 Å². The number of likely N-dealkylation sites (tertiary alicyclic amines) is 1. The molecule has 3 aromatic rings. The van der Waals surface area contributed by atoms with E-state index < -0.39 is 0 Å². The Labute approximate surface area is 200 Å². The Bertz CT molecular complexity index is 1200. The second kappa shape index (κ2) is 10.8. The van der Waals surface area contributed by atoms with Gasteiger partial charge in [-0.05, 0) is 47.4 Å². The predicted molar refractivity (Wildman–Crippen MR) is 137 cm³/mol. The number of carbonyl (C=O) groups excluding carboxylic acids is 1. The second-order valence-corrected chi connectivity index (χ2v) is 8.42. The Balaban J connectivity index is 1.42. The first-order valence-corrected chi connectivity index (χ1v) is 11.4. The van der Waals surface area contributed by atoms with E-state index in [0.717, 1.165) is 48.3 Å². The number of nitrogens with one attached hydrogen (secondary N) is 2. The first-order valence-electron chi connectivity index (χ1n) is 11.4. The fourth-order valence-electron chi connectivity index (χ4n) is 4.07. The number of allylic oxidation sites excluding steroid dienone is 1. The number of aromatic nitrogens is 1. The van der Waals surface area contributed by atoms with Crippen molar-refractivity contribution in [2.24, 2.45) is 5.73 Å². The molecular formula is C27H30N6O. The smallest absolute Gasteiger partial charge is 0.222 e. The molecule has 1 aliphatic heterocycles. The van der Waals surface area contributed by atoms with Crippen LogP contribution in [0.2, 0.25) is 0 Å². The highest BCUT2D eigenvalue weighted by Crippen LogP contribution is 2.25. The van der Waals surface area contributed by atoms with Gasteiger partial charge in [-0.3, -0.25) is 15.2 Å². The second-order valence-electron chi connectivity index (χ2n) is 8.42. The summed E-state index contributed by atoms with van der Waals surface area (Å²) < 4.78 is 0. The molecule has 1 aromatic heterocycles. The Morgan fingerprint density at radius 1 is 1.15 bits per heavy atom. The molecule has 0 unspecified atom stereocenters. The number of hydrogen-bond acceptors (Lipinski definition) is 6. The maximum atomic E-state index is 11.7. The van der Waals surface area contributed by atoms with Gasteiger partial charge in [-0.25, -0.2) is 0 Å². The summed E-state index contributed by atoms with van der Waals surface area (Å²) >= 11 is 0. The zero-order valence-corrected chi connectivity index (χ0v) is 19.1. The fourth-order valence-corrected chi connectivity index (χ4v) is 4.07. The van der Waals surface area contributed by atoms with Crippen molar-refractivity contribution in [1.29, 1.82) is 5.41 Å². The zero-order chi connectivity index (χ0) is 23.9. The first-order chi connectivity index (χ1) is 16.5. The average molecular weight is 455 g/mol. The molecule has 1 amide bonds. The number of hydrogen-bond donors (Lipinski definition) is 4. The Morgan fingerprint density at radius 3 is 2.79 bits per heavy atom. The lowest BCUT2D eigenvalue weighted by molar-refractivity contribution is -0.127. The van der Waals surface area contributed by atoms with Crippen LogP contribution in [0.25, 0.3) is 17.2 Å². The minimum atomic E-state index is 0.182.